The minimum absolute atomic E-state index is 0.0377. The normalized spacial score (nSPS) is 15.8. The number of amides is 4. The molecule has 0 spiro atoms. The van der Waals surface area contributed by atoms with Crippen molar-refractivity contribution in [2.24, 2.45) is 0 Å². The van der Waals surface area contributed by atoms with Gasteiger partial charge in [0.15, 0.2) is 0 Å². The Morgan fingerprint density at radius 2 is 1.41 bits per heavy atom. The summed E-state index contributed by atoms with van der Waals surface area (Å²) in [4.78, 5) is 57.1. The highest BCUT2D eigenvalue weighted by atomic mass is 19.4. The van der Waals surface area contributed by atoms with Gasteiger partial charge in [-0.1, -0.05) is 6.07 Å². The van der Waals surface area contributed by atoms with Gasteiger partial charge < -0.3 is 35.5 Å². The number of carbonyl (C=O) groups is 4. The number of nitrogens with one attached hydrogen (secondary N) is 2. The molecule has 49 heavy (non-hydrogen) atoms. The van der Waals surface area contributed by atoms with Gasteiger partial charge in [-0.25, -0.2) is 4.98 Å². The van der Waals surface area contributed by atoms with Crippen LogP contribution in [0.25, 0.3) is 10.9 Å². The molecular formula is C32H41F3N8O6. The number of nitrogens with zero attached hydrogens (tertiary/aromatic N) is 6. The number of rotatable bonds is 6. The Morgan fingerprint density at radius 1 is 0.837 bits per heavy atom. The third-order valence-electron chi connectivity index (χ3n) is 7.75. The molecule has 266 valence electrons. The summed E-state index contributed by atoms with van der Waals surface area (Å²) in [6, 6.07) is 7.84. The lowest BCUT2D eigenvalue weighted by molar-refractivity contribution is -0.151. The van der Waals surface area contributed by atoms with E-state index in [1.54, 1.807) is 34.2 Å². The van der Waals surface area contributed by atoms with Crippen molar-refractivity contribution in [3.8, 4) is 0 Å². The number of halogens is 3. The van der Waals surface area contributed by atoms with Gasteiger partial charge >= 0.3 is 6.18 Å². The van der Waals surface area contributed by atoms with Crippen LogP contribution in [-0.2, 0) is 27.1 Å². The minimum Gasteiger partial charge on any atom is -0.381 e. The fourth-order valence-corrected chi connectivity index (χ4v) is 5.19. The number of piperazine rings is 2. The number of benzene rings is 1. The van der Waals surface area contributed by atoms with Gasteiger partial charge in [0, 0.05) is 69.6 Å². The highest BCUT2D eigenvalue weighted by Gasteiger charge is 2.34. The Morgan fingerprint density at radius 3 is 1.98 bits per heavy atom. The molecule has 14 nitrogen and oxygen atoms in total. The summed E-state index contributed by atoms with van der Waals surface area (Å²) in [5.41, 5.74) is -3.34. The first-order valence-electron chi connectivity index (χ1n) is 15.7. The molecule has 2 fully saturated rings. The molecule has 2 aliphatic heterocycles. The van der Waals surface area contributed by atoms with Gasteiger partial charge in [0.2, 0.25) is 5.91 Å². The van der Waals surface area contributed by atoms with E-state index in [1.807, 2.05) is 0 Å². The number of fused-ring (bicyclic) bond motifs is 1. The maximum atomic E-state index is 12.9. The number of hydrogen-bond donors (Lipinski definition) is 4. The molecule has 0 unspecified atom stereocenters. The second-order valence-electron chi connectivity index (χ2n) is 12.8. The van der Waals surface area contributed by atoms with Crippen LogP contribution in [0, 0.1) is 0 Å². The van der Waals surface area contributed by atoms with Crippen molar-refractivity contribution < 1.29 is 42.6 Å². The van der Waals surface area contributed by atoms with Gasteiger partial charge in [-0.3, -0.25) is 23.9 Å². The summed E-state index contributed by atoms with van der Waals surface area (Å²) < 4.78 is 40.1. The van der Waals surface area contributed by atoms with Crippen LogP contribution < -0.4 is 10.6 Å². The van der Waals surface area contributed by atoms with E-state index >= 15 is 0 Å². The SMILES string of the molecule is CC(C)(O)C(=O)N1CCN(C(=O)Cn2cc3cc(NC(=O)c4cccc(C(F)(F)F)n4)ccc3n2)CC1.CC(C)(O)C(=O)N1CCNCC1. The van der Waals surface area contributed by atoms with E-state index in [2.05, 4.69) is 20.7 Å². The van der Waals surface area contributed by atoms with E-state index in [0.29, 0.717) is 55.9 Å². The molecule has 2 saturated heterocycles. The van der Waals surface area contributed by atoms with Crippen LogP contribution in [0.5, 0.6) is 0 Å². The molecule has 5 rings (SSSR count). The molecule has 1 aromatic carbocycles. The van der Waals surface area contributed by atoms with E-state index in [9.17, 15) is 42.6 Å². The van der Waals surface area contributed by atoms with E-state index in [-0.39, 0.29) is 30.0 Å². The first kappa shape index (κ1) is 37.2. The second-order valence-corrected chi connectivity index (χ2v) is 12.8. The lowest BCUT2D eigenvalue weighted by atomic mass is 10.1. The topological polar surface area (TPSA) is 173 Å². The van der Waals surface area contributed by atoms with Crippen molar-refractivity contribution in [3.63, 3.8) is 0 Å². The van der Waals surface area contributed by atoms with Crippen LogP contribution in [0.3, 0.4) is 0 Å². The Labute approximate surface area is 280 Å². The van der Waals surface area contributed by atoms with Gasteiger partial charge in [0.1, 0.15) is 29.1 Å². The highest BCUT2D eigenvalue weighted by Crippen LogP contribution is 2.27. The number of hydrogen-bond acceptors (Lipinski definition) is 9. The van der Waals surface area contributed by atoms with Gasteiger partial charge in [0.05, 0.1) is 5.52 Å². The molecule has 2 aromatic heterocycles. The molecule has 0 saturated carbocycles. The Balaban J connectivity index is 0.000000380. The predicted octanol–water partition coefficient (Wildman–Crippen LogP) is 1.33. The van der Waals surface area contributed by atoms with E-state index in [1.165, 1.54) is 43.3 Å². The third-order valence-corrected chi connectivity index (χ3v) is 7.75. The van der Waals surface area contributed by atoms with Crippen LogP contribution in [0.1, 0.15) is 43.9 Å². The summed E-state index contributed by atoms with van der Waals surface area (Å²) in [5, 5.41) is 30.0. The zero-order valence-corrected chi connectivity index (χ0v) is 27.8. The van der Waals surface area contributed by atoms with Crippen LogP contribution in [0.2, 0.25) is 0 Å². The largest absolute Gasteiger partial charge is 0.433 e. The average Bonchev–Trinajstić information content (AvgIpc) is 3.45. The van der Waals surface area contributed by atoms with Crippen molar-refractivity contribution in [2.45, 2.75) is 51.6 Å². The molecule has 0 aliphatic carbocycles. The lowest BCUT2D eigenvalue weighted by Gasteiger charge is -2.37. The zero-order chi connectivity index (χ0) is 36.1. The smallest absolute Gasteiger partial charge is 0.381 e. The Kier molecular flexibility index (Phi) is 11.3. The molecule has 0 radical (unpaired) electrons. The Bertz CT molecular complexity index is 1670. The zero-order valence-electron chi connectivity index (χ0n) is 27.8. The van der Waals surface area contributed by atoms with Crippen LogP contribution in [0.4, 0.5) is 18.9 Å². The van der Waals surface area contributed by atoms with Crippen molar-refractivity contribution in [3.05, 3.63) is 54.0 Å². The first-order valence-corrected chi connectivity index (χ1v) is 15.7. The predicted molar refractivity (Wildman–Crippen MR) is 172 cm³/mol. The number of anilines is 1. The molecule has 17 heteroatoms. The first-order chi connectivity index (χ1) is 22.8. The van der Waals surface area contributed by atoms with Crippen LogP contribution in [-0.4, -0.2) is 127 Å². The summed E-state index contributed by atoms with van der Waals surface area (Å²) in [5.74, 6) is -1.55. The van der Waals surface area contributed by atoms with Crippen molar-refractivity contribution in [2.75, 3.05) is 57.7 Å². The number of alkyl halides is 3. The monoisotopic (exact) mass is 690 g/mol. The van der Waals surface area contributed by atoms with Crippen LogP contribution >= 0.6 is 0 Å². The highest BCUT2D eigenvalue weighted by molar-refractivity contribution is 6.03. The summed E-state index contributed by atoms with van der Waals surface area (Å²) in [7, 11) is 0. The average molecular weight is 691 g/mol. The fourth-order valence-electron chi connectivity index (χ4n) is 5.19. The molecule has 4 N–H and O–H groups in total. The quantitative estimate of drug-likeness (QED) is 0.298. The van der Waals surface area contributed by atoms with Gasteiger partial charge in [-0.2, -0.15) is 18.3 Å². The summed E-state index contributed by atoms with van der Waals surface area (Å²) in [6.45, 7) is 10.2. The summed E-state index contributed by atoms with van der Waals surface area (Å²) in [6.07, 6.45) is -3.04. The molecule has 3 aromatic rings. The number of carbonyl (C=O) groups excluding carboxylic acids is 4. The minimum atomic E-state index is -4.66. The molecule has 0 bridgehead atoms. The van der Waals surface area contributed by atoms with E-state index in [4.69, 9.17) is 0 Å². The maximum Gasteiger partial charge on any atom is 0.433 e. The van der Waals surface area contributed by atoms with Gasteiger partial charge in [-0.05, 0) is 58.0 Å². The van der Waals surface area contributed by atoms with Crippen molar-refractivity contribution in [1.82, 2.24) is 34.8 Å². The van der Waals surface area contributed by atoms with Gasteiger partial charge in [-0.15, -0.1) is 0 Å². The molecular weight excluding hydrogens is 649 g/mol. The van der Waals surface area contributed by atoms with Gasteiger partial charge in [0.25, 0.3) is 17.7 Å². The fraction of sp³-hybridized carbons (Fsp3) is 0.500. The molecule has 2 aliphatic rings. The van der Waals surface area contributed by atoms with Crippen molar-refractivity contribution in [1.29, 1.82) is 0 Å². The number of aromatic nitrogens is 3. The second kappa shape index (κ2) is 14.9. The van der Waals surface area contributed by atoms with E-state index < -0.39 is 29.0 Å². The number of aliphatic hydroxyl groups is 2. The van der Waals surface area contributed by atoms with Crippen LogP contribution in [0.15, 0.2) is 42.6 Å². The van der Waals surface area contributed by atoms with Crippen molar-refractivity contribution >= 4 is 40.2 Å². The standard InChI is InChI=1S/C24H25F3N6O4.C8H16N2O2/c1-23(2,37)22(36)32-10-8-31(9-11-32)20(34)14-33-13-15-12-16(6-7-17(15)30-33)28-21(35)18-4-3-5-19(29-18)24(25,26)27;1-8(2,12)7(11)10-5-3-9-4-6-10/h3-7,12-13,37H,8-11,14H2,1-2H3,(H,28,35);9,12H,3-6H2,1-2H3. The Hall–Kier alpha value is -4.61. The third kappa shape index (κ3) is 9.96. The molecule has 4 amide bonds. The maximum absolute atomic E-state index is 12.9. The molecule has 4 heterocycles. The number of pyridine rings is 1. The lowest BCUT2D eigenvalue weighted by Crippen LogP contribution is -2.55. The van der Waals surface area contributed by atoms with E-state index in [0.717, 1.165) is 25.2 Å². The molecule has 0 atom stereocenters. The summed E-state index contributed by atoms with van der Waals surface area (Å²) >= 11 is 0.